The van der Waals surface area contributed by atoms with Crippen LogP contribution in [0, 0.1) is 17.3 Å². The third-order valence-corrected chi connectivity index (χ3v) is 5.27. The van der Waals surface area contributed by atoms with Crippen molar-refractivity contribution in [2.75, 3.05) is 6.79 Å². The van der Waals surface area contributed by atoms with Gasteiger partial charge in [-0.1, -0.05) is 31.6 Å². The molecular formula is C21H28O4. The summed E-state index contributed by atoms with van der Waals surface area (Å²) < 4.78 is 16.4. The molecule has 1 aromatic rings. The predicted molar refractivity (Wildman–Crippen MR) is 96.6 cm³/mol. The van der Waals surface area contributed by atoms with Gasteiger partial charge in [0, 0.05) is 0 Å². The molecular weight excluding hydrogens is 316 g/mol. The molecule has 3 rings (SSSR count). The maximum Gasteiger partial charge on any atom is 0.310 e. The maximum absolute atomic E-state index is 12.5. The van der Waals surface area contributed by atoms with Crippen LogP contribution < -0.4 is 9.47 Å². The van der Waals surface area contributed by atoms with Crippen molar-refractivity contribution in [2.24, 2.45) is 17.3 Å². The second-order valence-corrected chi connectivity index (χ2v) is 8.04. The number of esters is 1. The van der Waals surface area contributed by atoms with E-state index in [0.29, 0.717) is 5.92 Å². The van der Waals surface area contributed by atoms with Crippen molar-refractivity contribution in [3.63, 3.8) is 0 Å². The number of allylic oxidation sites excluding steroid dienone is 2. The lowest BCUT2D eigenvalue weighted by molar-refractivity contribution is -0.151. The topological polar surface area (TPSA) is 44.8 Å². The average Bonchev–Trinajstić information content (AvgIpc) is 2.88. The van der Waals surface area contributed by atoms with E-state index in [1.54, 1.807) is 0 Å². The van der Waals surface area contributed by atoms with E-state index < -0.39 is 0 Å². The number of aryl methyl sites for hydroxylation is 1. The lowest BCUT2D eigenvalue weighted by atomic mass is 10.1. The van der Waals surface area contributed by atoms with E-state index in [1.165, 1.54) is 11.1 Å². The number of fused-ring (bicyclic) bond motifs is 1. The Bertz CT molecular complexity index is 685. The minimum atomic E-state index is -0.0957. The number of rotatable bonds is 6. The molecule has 0 aromatic heterocycles. The summed E-state index contributed by atoms with van der Waals surface area (Å²) >= 11 is 0. The molecule has 1 heterocycles. The van der Waals surface area contributed by atoms with Crippen molar-refractivity contribution < 1.29 is 19.0 Å². The Morgan fingerprint density at radius 3 is 2.76 bits per heavy atom. The smallest absolute Gasteiger partial charge is 0.310 e. The second-order valence-electron chi connectivity index (χ2n) is 8.04. The Balaban J connectivity index is 1.50. The molecule has 1 aliphatic carbocycles. The highest BCUT2D eigenvalue weighted by molar-refractivity contribution is 5.78. The van der Waals surface area contributed by atoms with E-state index in [1.807, 2.05) is 25.1 Å². The van der Waals surface area contributed by atoms with Crippen LogP contribution in [0.25, 0.3) is 0 Å². The summed E-state index contributed by atoms with van der Waals surface area (Å²) in [6, 6.07) is 5.98. The molecule has 0 N–H and O–H groups in total. The van der Waals surface area contributed by atoms with Gasteiger partial charge in [0.1, 0.15) is 0 Å². The number of ether oxygens (including phenoxy) is 3. The second kappa shape index (κ2) is 6.74. The van der Waals surface area contributed by atoms with E-state index in [2.05, 4.69) is 33.8 Å². The van der Waals surface area contributed by atoms with Gasteiger partial charge in [0.25, 0.3) is 0 Å². The van der Waals surface area contributed by atoms with Crippen molar-refractivity contribution in [1.82, 2.24) is 0 Å². The summed E-state index contributed by atoms with van der Waals surface area (Å²) in [6.45, 7) is 10.7. The molecule has 1 saturated carbocycles. The van der Waals surface area contributed by atoms with Crippen LogP contribution >= 0.6 is 0 Å². The van der Waals surface area contributed by atoms with E-state index >= 15 is 0 Å². The molecule has 1 aromatic carbocycles. The first-order valence-electron chi connectivity index (χ1n) is 9.03. The lowest BCUT2D eigenvalue weighted by Crippen LogP contribution is -2.19. The minimum Gasteiger partial charge on any atom is -0.462 e. The van der Waals surface area contributed by atoms with Gasteiger partial charge < -0.3 is 14.2 Å². The van der Waals surface area contributed by atoms with Crippen molar-refractivity contribution in [2.45, 2.75) is 53.6 Å². The number of benzene rings is 1. The average molecular weight is 344 g/mol. The normalized spacial score (nSPS) is 23.7. The van der Waals surface area contributed by atoms with Crippen molar-refractivity contribution in [3.05, 3.63) is 35.4 Å². The highest BCUT2D eigenvalue weighted by Crippen LogP contribution is 2.59. The summed E-state index contributed by atoms with van der Waals surface area (Å²) in [5, 5.41) is 0. The Labute approximate surface area is 150 Å². The first-order chi connectivity index (χ1) is 11.8. The maximum atomic E-state index is 12.5. The zero-order valence-corrected chi connectivity index (χ0v) is 15.8. The highest BCUT2D eigenvalue weighted by Gasteiger charge is 2.61. The van der Waals surface area contributed by atoms with Crippen molar-refractivity contribution >= 4 is 5.97 Å². The summed E-state index contributed by atoms with van der Waals surface area (Å²) in [4.78, 5) is 12.5. The molecule has 136 valence electrons. The molecule has 3 unspecified atom stereocenters. The van der Waals surface area contributed by atoms with Gasteiger partial charge in [0.15, 0.2) is 11.5 Å². The third kappa shape index (κ3) is 3.83. The first kappa shape index (κ1) is 17.8. The molecule has 0 spiro atoms. The van der Waals surface area contributed by atoms with Gasteiger partial charge in [-0.3, -0.25) is 4.79 Å². The monoisotopic (exact) mass is 344 g/mol. The Morgan fingerprint density at radius 2 is 2.04 bits per heavy atom. The van der Waals surface area contributed by atoms with Crippen LogP contribution in [-0.4, -0.2) is 18.9 Å². The molecule has 0 radical (unpaired) electrons. The minimum absolute atomic E-state index is 0.00535. The summed E-state index contributed by atoms with van der Waals surface area (Å²) in [5.74, 6) is 1.81. The van der Waals surface area contributed by atoms with Gasteiger partial charge >= 0.3 is 5.97 Å². The fourth-order valence-corrected chi connectivity index (χ4v) is 3.59. The number of carbonyl (C=O) groups is 1. The molecule has 2 aliphatic rings. The third-order valence-electron chi connectivity index (χ3n) is 5.27. The Kier molecular flexibility index (Phi) is 4.81. The van der Waals surface area contributed by atoms with Gasteiger partial charge in [-0.2, -0.15) is 0 Å². The molecule has 3 atom stereocenters. The predicted octanol–water partition coefficient (Wildman–Crippen LogP) is 4.52. The van der Waals surface area contributed by atoms with Crippen LogP contribution in [0.2, 0.25) is 0 Å². The zero-order valence-electron chi connectivity index (χ0n) is 15.8. The fraction of sp³-hybridized carbons (Fsp3) is 0.571. The lowest BCUT2D eigenvalue weighted by Gasteiger charge is -2.14. The largest absolute Gasteiger partial charge is 0.462 e. The van der Waals surface area contributed by atoms with E-state index in [-0.39, 0.29) is 30.2 Å². The van der Waals surface area contributed by atoms with E-state index in [4.69, 9.17) is 14.2 Å². The Hall–Kier alpha value is -1.97. The van der Waals surface area contributed by atoms with E-state index in [0.717, 1.165) is 24.3 Å². The highest BCUT2D eigenvalue weighted by atomic mass is 16.7. The van der Waals surface area contributed by atoms with Crippen molar-refractivity contribution in [3.8, 4) is 11.5 Å². The van der Waals surface area contributed by atoms with Crippen molar-refractivity contribution in [1.29, 1.82) is 0 Å². The van der Waals surface area contributed by atoms with E-state index in [9.17, 15) is 4.79 Å². The van der Waals surface area contributed by atoms with Gasteiger partial charge in [-0.05, 0) is 62.6 Å². The van der Waals surface area contributed by atoms with Crippen LogP contribution in [0.15, 0.2) is 29.8 Å². The van der Waals surface area contributed by atoms with Gasteiger partial charge in [-0.25, -0.2) is 0 Å². The fourth-order valence-electron chi connectivity index (χ4n) is 3.59. The van der Waals surface area contributed by atoms with Crippen LogP contribution in [0.1, 0.15) is 46.6 Å². The SMILES string of the molecule is CC(C)=CC1C(C(=O)OC(C)CCc2ccc3c(c2)OCO3)C1(C)C. The van der Waals surface area contributed by atoms with Crippen LogP contribution in [0.4, 0.5) is 0 Å². The van der Waals surface area contributed by atoms with Crippen LogP contribution in [0.5, 0.6) is 11.5 Å². The quantitative estimate of drug-likeness (QED) is 0.562. The zero-order chi connectivity index (χ0) is 18.2. The molecule has 4 heteroatoms. The van der Waals surface area contributed by atoms with Crippen LogP contribution in [0.3, 0.4) is 0 Å². The molecule has 1 fully saturated rings. The molecule has 4 nitrogen and oxygen atoms in total. The number of carbonyl (C=O) groups excluding carboxylic acids is 1. The summed E-state index contributed by atoms with van der Waals surface area (Å²) in [5.41, 5.74) is 2.43. The standard InChI is InChI=1S/C21H28O4/c1-13(2)10-16-19(21(16,4)5)20(22)25-14(3)6-7-15-8-9-17-18(11-15)24-12-23-17/h8-11,14,16,19H,6-7,12H2,1-5H3. The first-order valence-corrected chi connectivity index (χ1v) is 9.03. The molecule has 0 bridgehead atoms. The number of hydrogen-bond acceptors (Lipinski definition) is 4. The van der Waals surface area contributed by atoms with Gasteiger partial charge in [0.05, 0.1) is 12.0 Å². The summed E-state index contributed by atoms with van der Waals surface area (Å²) in [7, 11) is 0. The number of hydrogen-bond donors (Lipinski definition) is 0. The molecule has 1 aliphatic heterocycles. The summed E-state index contributed by atoms with van der Waals surface area (Å²) in [6.07, 6.45) is 3.74. The van der Waals surface area contributed by atoms with Gasteiger partial charge in [-0.15, -0.1) is 0 Å². The molecule has 0 saturated heterocycles. The molecule has 25 heavy (non-hydrogen) atoms. The van der Waals surface area contributed by atoms with Crippen LogP contribution in [-0.2, 0) is 16.0 Å². The molecule has 0 amide bonds. The van der Waals surface area contributed by atoms with Gasteiger partial charge in [0.2, 0.25) is 6.79 Å². The Morgan fingerprint density at radius 1 is 1.32 bits per heavy atom.